The van der Waals surface area contributed by atoms with Gasteiger partial charge in [0.25, 0.3) is 10.2 Å². The number of rotatable bonds is 8. The maximum absolute atomic E-state index is 13.1. The van der Waals surface area contributed by atoms with Gasteiger partial charge in [-0.3, -0.25) is 4.79 Å². The summed E-state index contributed by atoms with van der Waals surface area (Å²) in [6, 6.07) is 14.1. The van der Waals surface area contributed by atoms with Gasteiger partial charge < -0.3 is 9.47 Å². The SMILES string of the molecule is CCOC(=O)CC(NS(=O)(=O)N1CCc2ccccc2C1)c1cccc(OC)c1. The van der Waals surface area contributed by atoms with Crippen LogP contribution in [-0.4, -0.2) is 39.0 Å². The Morgan fingerprint density at radius 2 is 1.93 bits per heavy atom. The molecule has 1 atom stereocenters. The molecule has 0 saturated carbocycles. The van der Waals surface area contributed by atoms with E-state index >= 15 is 0 Å². The Morgan fingerprint density at radius 1 is 1.17 bits per heavy atom. The third kappa shape index (κ3) is 5.35. The fraction of sp³-hybridized carbons (Fsp3) is 0.381. The summed E-state index contributed by atoms with van der Waals surface area (Å²) in [5.41, 5.74) is 2.79. The molecule has 156 valence electrons. The van der Waals surface area contributed by atoms with Gasteiger partial charge in [0.2, 0.25) is 0 Å². The average Bonchev–Trinajstić information content (AvgIpc) is 2.73. The van der Waals surface area contributed by atoms with Crippen molar-refractivity contribution in [1.82, 2.24) is 9.03 Å². The van der Waals surface area contributed by atoms with E-state index in [1.807, 2.05) is 24.3 Å². The molecule has 0 bridgehead atoms. The van der Waals surface area contributed by atoms with E-state index in [0.717, 1.165) is 11.1 Å². The van der Waals surface area contributed by atoms with Crippen molar-refractivity contribution < 1.29 is 22.7 Å². The zero-order chi connectivity index (χ0) is 20.9. The summed E-state index contributed by atoms with van der Waals surface area (Å²) in [4.78, 5) is 12.1. The quantitative estimate of drug-likeness (QED) is 0.666. The number of nitrogens with zero attached hydrogens (tertiary/aromatic N) is 1. The minimum atomic E-state index is -3.82. The number of esters is 1. The van der Waals surface area contributed by atoms with Crippen LogP contribution in [0.25, 0.3) is 0 Å². The Hall–Kier alpha value is -2.42. The van der Waals surface area contributed by atoms with Crippen LogP contribution in [-0.2, 0) is 32.7 Å². The molecule has 2 aromatic rings. The highest BCUT2D eigenvalue weighted by molar-refractivity contribution is 7.87. The minimum absolute atomic E-state index is 0.106. The molecule has 29 heavy (non-hydrogen) atoms. The Morgan fingerprint density at radius 3 is 2.66 bits per heavy atom. The largest absolute Gasteiger partial charge is 0.497 e. The highest BCUT2D eigenvalue weighted by Crippen LogP contribution is 2.26. The molecule has 0 aliphatic carbocycles. The summed E-state index contributed by atoms with van der Waals surface area (Å²) in [6.07, 6.45) is 0.545. The van der Waals surface area contributed by atoms with Crippen molar-refractivity contribution in [3.63, 3.8) is 0 Å². The van der Waals surface area contributed by atoms with Gasteiger partial charge >= 0.3 is 5.97 Å². The number of nitrogens with one attached hydrogen (secondary N) is 1. The van der Waals surface area contributed by atoms with E-state index in [1.54, 1.807) is 31.2 Å². The molecule has 0 fully saturated rings. The molecule has 0 saturated heterocycles. The van der Waals surface area contributed by atoms with Gasteiger partial charge in [-0.15, -0.1) is 0 Å². The van der Waals surface area contributed by atoms with Gasteiger partial charge in [0.15, 0.2) is 0 Å². The van der Waals surface area contributed by atoms with Gasteiger partial charge in [0.1, 0.15) is 5.75 Å². The van der Waals surface area contributed by atoms with Crippen molar-refractivity contribution in [2.24, 2.45) is 0 Å². The summed E-state index contributed by atoms with van der Waals surface area (Å²) in [6.45, 7) is 2.64. The molecule has 1 heterocycles. The molecule has 0 amide bonds. The summed E-state index contributed by atoms with van der Waals surface area (Å²) < 4.78 is 40.6. The first kappa shape index (κ1) is 21.3. The first-order valence-electron chi connectivity index (χ1n) is 9.56. The smallest absolute Gasteiger partial charge is 0.307 e. The lowest BCUT2D eigenvalue weighted by atomic mass is 10.0. The molecule has 0 spiro atoms. The minimum Gasteiger partial charge on any atom is -0.497 e. The van der Waals surface area contributed by atoms with Crippen LogP contribution in [0.15, 0.2) is 48.5 Å². The van der Waals surface area contributed by atoms with Crippen molar-refractivity contribution in [2.45, 2.75) is 32.4 Å². The lowest BCUT2D eigenvalue weighted by Gasteiger charge is -2.30. The summed E-state index contributed by atoms with van der Waals surface area (Å²) in [5.74, 6) is 0.120. The first-order chi connectivity index (χ1) is 13.9. The highest BCUT2D eigenvalue weighted by atomic mass is 32.2. The second kappa shape index (κ2) is 9.39. The molecule has 0 radical (unpaired) electrons. The normalized spacial score (nSPS) is 15.4. The third-order valence-electron chi connectivity index (χ3n) is 4.90. The molecule has 8 heteroatoms. The molecule has 1 aliphatic rings. The number of hydrogen-bond donors (Lipinski definition) is 1. The van der Waals surface area contributed by atoms with Crippen molar-refractivity contribution in [3.05, 3.63) is 65.2 Å². The zero-order valence-corrected chi connectivity index (χ0v) is 17.4. The van der Waals surface area contributed by atoms with E-state index in [-0.39, 0.29) is 13.0 Å². The lowest BCUT2D eigenvalue weighted by molar-refractivity contribution is -0.143. The first-order valence-corrected chi connectivity index (χ1v) is 11.0. The third-order valence-corrected chi connectivity index (χ3v) is 6.47. The second-order valence-electron chi connectivity index (χ2n) is 6.81. The molecule has 0 aromatic heterocycles. The number of carbonyl (C=O) groups is 1. The number of methoxy groups -OCH3 is 1. The fourth-order valence-electron chi connectivity index (χ4n) is 3.40. The molecule has 3 rings (SSSR count). The van der Waals surface area contributed by atoms with Crippen LogP contribution < -0.4 is 9.46 Å². The molecular formula is C21H26N2O5S. The van der Waals surface area contributed by atoms with Crippen molar-refractivity contribution in [1.29, 1.82) is 0 Å². The van der Waals surface area contributed by atoms with Crippen LogP contribution >= 0.6 is 0 Å². The van der Waals surface area contributed by atoms with E-state index in [0.29, 0.717) is 30.8 Å². The fourth-order valence-corrected chi connectivity index (χ4v) is 4.77. The maximum atomic E-state index is 13.1. The van der Waals surface area contributed by atoms with Gasteiger partial charge in [-0.1, -0.05) is 36.4 Å². The Kier molecular flexibility index (Phi) is 6.89. The number of benzene rings is 2. The molecule has 1 N–H and O–H groups in total. The van der Waals surface area contributed by atoms with E-state index in [4.69, 9.17) is 9.47 Å². The predicted octanol–water partition coefficient (Wildman–Crippen LogP) is 2.58. The zero-order valence-electron chi connectivity index (χ0n) is 16.6. The molecule has 1 unspecified atom stereocenters. The van der Waals surface area contributed by atoms with Crippen LogP contribution in [0.1, 0.15) is 36.1 Å². The van der Waals surface area contributed by atoms with Crippen LogP contribution in [0.2, 0.25) is 0 Å². The van der Waals surface area contributed by atoms with Gasteiger partial charge in [0, 0.05) is 13.1 Å². The van der Waals surface area contributed by atoms with Crippen LogP contribution in [0.4, 0.5) is 0 Å². The Bertz CT molecular complexity index is 961. The number of hydrogen-bond acceptors (Lipinski definition) is 5. The second-order valence-corrected chi connectivity index (χ2v) is 8.52. The van der Waals surface area contributed by atoms with Gasteiger partial charge in [-0.25, -0.2) is 0 Å². The number of ether oxygens (including phenoxy) is 2. The van der Waals surface area contributed by atoms with Gasteiger partial charge in [-0.05, 0) is 42.2 Å². The topological polar surface area (TPSA) is 84.9 Å². The monoisotopic (exact) mass is 418 g/mol. The maximum Gasteiger partial charge on any atom is 0.307 e. The van der Waals surface area contributed by atoms with Crippen molar-refractivity contribution in [2.75, 3.05) is 20.3 Å². The Balaban J connectivity index is 1.83. The summed E-state index contributed by atoms with van der Waals surface area (Å²) in [5, 5.41) is 0. The van der Waals surface area contributed by atoms with E-state index in [9.17, 15) is 13.2 Å². The van der Waals surface area contributed by atoms with E-state index in [1.165, 1.54) is 11.4 Å². The molecule has 2 aromatic carbocycles. The summed E-state index contributed by atoms with van der Waals surface area (Å²) >= 11 is 0. The van der Waals surface area contributed by atoms with Crippen LogP contribution in [0, 0.1) is 0 Å². The highest BCUT2D eigenvalue weighted by Gasteiger charge is 2.30. The molecular weight excluding hydrogens is 392 g/mol. The molecule has 7 nitrogen and oxygen atoms in total. The van der Waals surface area contributed by atoms with Crippen LogP contribution in [0.3, 0.4) is 0 Å². The number of carbonyl (C=O) groups excluding carboxylic acids is 1. The van der Waals surface area contributed by atoms with Gasteiger partial charge in [-0.2, -0.15) is 17.4 Å². The van der Waals surface area contributed by atoms with Crippen LogP contribution in [0.5, 0.6) is 5.75 Å². The Labute approximate surface area is 171 Å². The van der Waals surface area contributed by atoms with Gasteiger partial charge in [0.05, 0.1) is 26.2 Å². The van der Waals surface area contributed by atoms with Crippen molar-refractivity contribution in [3.8, 4) is 5.75 Å². The summed E-state index contributed by atoms with van der Waals surface area (Å²) in [7, 11) is -2.28. The van der Waals surface area contributed by atoms with Crippen molar-refractivity contribution >= 4 is 16.2 Å². The predicted molar refractivity (Wildman–Crippen MR) is 110 cm³/mol. The van der Waals surface area contributed by atoms with E-state index < -0.39 is 22.2 Å². The van der Waals surface area contributed by atoms with E-state index in [2.05, 4.69) is 4.72 Å². The average molecular weight is 419 g/mol. The lowest BCUT2D eigenvalue weighted by Crippen LogP contribution is -2.45. The standard InChI is InChI=1S/C21H26N2O5S/c1-3-28-21(24)14-20(17-9-6-10-19(13-17)27-2)22-29(25,26)23-12-11-16-7-4-5-8-18(16)15-23/h4-10,13,20,22H,3,11-12,14-15H2,1-2H3. The number of fused-ring (bicyclic) bond motifs is 1. The molecule has 1 aliphatic heterocycles.